The molecule has 98 valence electrons. The summed E-state index contributed by atoms with van der Waals surface area (Å²) in [6, 6.07) is 14.3. The molecule has 0 unspecified atom stereocenters. The number of anilines is 1. The highest BCUT2D eigenvalue weighted by molar-refractivity contribution is 5.87. The number of carbonyl (C=O) groups excluding carboxylic acids is 1. The molecule has 0 aliphatic rings. The van der Waals surface area contributed by atoms with E-state index in [2.05, 4.69) is 5.32 Å². The number of para-hydroxylation sites is 1. The Morgan fingerprint density at radius 1 is 1.00 bits per heavy atom. The summed E-state index contributed by atoms with van der Waals surface area (Å²) in [4.78, 5) is 11.7. The van der Waals surface area contributed by atoms with Crippen molar-refractivity contribution in [3.8, 4) is 11.5 Å². The Balaban J connectivity index is 1.99. The predicted octanol–water partition coefficient (Wildman–Crippen LogP) is 3.61. The van der Waals surface area contributed by atoms with Crippen molar-refractivity contribution in [2.24, 2.45) is 0 Å². The number of methoxy groups -OCH3 is 1. The van der Waals surface area contributed by atoms with Crippen LogP contribution < -0.4 is 14.8 Å². The van der Waals surface area contributed by atoms with E-state index in [0.717, 1.165) is 11.3 Å². The molecule has 4 nitrogen and oxygen atoms in total. The maximum atomic E-state index is 11.7. The summed E-state index contributed by atoms with van der Waals surface area (Å²) in [5.41, 5.74) is 1.72. The average molecular weight is 257 g/mol. The lowest BCUT2D eigenvalue weighted by Crippen LogP contribution is -2.17. The number of hydrogen-bond acceptors (Lipinski definition) is 3. The third-order valence-electron chi connectivity index (χ3n) is 2.65. The zero-order chi connectivity index (χ0) is 13.7. The van der Waals surface area contributed by atoms with Crippen LogP contribution in [0.5, 0.6) is 11.5 Å². The number of aryl methyl sites for hydroxylation is 1. The van der Waals surface area contributed by atoms with Crippen molar-refractivity contribution < 1.29 is 14.3 Å². The lowest BCUT2D eigenvalue weighted by Gasteiger charge is -2.09. The number of ether oxygens (including phenoxy) is 2. The van der Waals surface area contributed by atoms with Gasteiger partial charge in [-0.05, 0) is 42.8 Å². The molecule has 1 N–H and O–H groups in total. The normalized spacial score (nSPS) is 9.79. The highest BCUT2D eigenvalue weighted by Crippen LogP contribution is 2.18. The van der Waals surface area contributed by atoms with Crippen molar-refractivity contribution >= 4 is 11.8 Å². The standard InChI is InChI=1S/C15H15NO3/c1-11-5-3-4-6-14(11)16-15(17)19-13-9-7-12(18-2)8-10-13/h3-10H,1-2H3,(H,16,17). The molecule has 0 aliphatic heterocycles. The van der Waals surface area contributed by atoms with Crippen LogP contribution in [-0.4, -0.2) is 13.2 Å². The molecule has 0 heterocycles. The van der Waals surface area contributed by atoms with Crippen LogP contribution >= 0.6 is 0 Å². The van der Waals surface area contributed by atoms with Gasteiger partial charge in [-0.25, -0.2) is 4.79 Å². The SMILES string of the molecule is COc1ccc(OC(=O)Nc2ccccc2C)cc1. The molecule has 0 spiro atoms. The van der Waals surface area contributed by atoms with E-state index in [-0.39, 0.29) is 0 Å². The van der Waals surface area contributed by atoms with E-state index in [4.69, 9.17) is 9.47 Å². The second-order valence-electron chi connectivity index (χ2n) is 4.00. The fraction of sp³-hybridized carbons (Fsp3) is 0.133. The zero-order valence-electron chi connectivity index (χ0n) is 10.8. The molecule has 0 fully saturated rings. The van der Waals surface area contributed by atoms with Crippen LogP contribution in [0, 0.1) is 6.92 Å². The van der Waals surface area contributed by atoms with Gasteiger partial charge in [0, 0.05) is 5.69 Å². The molecule has 0 bridgehead atoms. The first-order chi connectivity index (χ1) is 9.19. The number of benzene rings is 2. The van der Waals surface area contributed by atoms with Gasteiger partial charge in [0.15, 0.2) is 0 Å². The second-order valence-corrected chi connectivity index (χ2v) is 4.00. The Hall–Kier alpha value is -2.49. The minimum Gasteiger partial charge on any atom is -0.497 e. The second kappa shape index (κ2) is 5.91. The fourth-order valence-electron chi connectivity index (χ4n) is 1.60. The van der Waals surface area contributed by atoms with E-state index in [1.165, 1.54) is 0 Å². The summed E-state index contributed by atoms with van der Waals surface area (Å²) in [6.07, 6.45) is -0.514. The molecule has 2 rings (SSSR count). The summed E-state index contributed by atoms with van der Waals surface area (Å²) in [5.74, 6) is 1.18. The van der Waals surface area contributed by atoms with E-state index >= 15 is 0 Å². The number of rotatable bonds is 3. The minimum absolute atomic E-state index is 0.465. The van der Waals surface area contributed by atoms with E-state index in [0.29, 0.717) is 11.5 Å². The first-order valence-corrected chi connectivity index (χ1v) is 5.87. The number of nitrogens with one attached hydrogen (secondary N) is 1. The van der Waals surface area contributed by atoms with E-state index in [1.54, 1.807) is 31.4 Å². The molecule has 1 amide bonds. The van der Waals surface area contributed by atoms with Gasteiger partial charge in [-0.1, -0.05) is 18.2 Å². The predicted molar refractivity (Wildman–Crippen MR) is 73.8 cm³/mol. The van der Waals surface area contributed by atoms with Crippen molar-refractivity contribution in [3.05, 3.63) is 54.1 Å². The Morgan fingerprint density at radius 2 is 1.63 bits per heavy atom. The van der Waals surface area contributed by atoms with Gasteiger partial charge >= 0.3 is 6.09 Å². The fourth-order valence-corrected chi connectivity index (χ4v) is 1.60. The van der Waals surface area contributed by atoms with E-state index in [1.807, 2.05) is 31.2 Å². The Morgan fingerprint density at radius 3 is 2.26 bits per heavy atom. The van der Waals surface area contributed by atoms with Gasteiger partial charge in [-0.3, -0.25) is 5.32 Å². The molecule has 0 radical (unpaired) electrons. The average Bonchev–Trinajstić information content (AvgIpc) is 2.42. The molecule has 0 aromatic heterocycles. The molecular formula is C15H15NO3. The molecule has 19 heavy (non-hydrogen) atoms. The Kier molecular flexibility index (Phi) is 4.03. The third kappa shape index (κ3) is 3.48. The number of carbonyl (C=O) groups is 1. The van der Waals surface area contributed by atoms with Crippen LogP contribution in [0.1, 0.15) is 5.56 Å². The number of amides is 1. The lowest BCUT2D eigenvalue weighted by molar-refractivity contribution is 0.215. The minimum atomic E-state index is -0.514. The highest BCUT2D eigenvalue weighted by Gasteiger charge is 2.06. The van der Waals surface area contributed by atoms with Crippen LogP contribution in [0.15, 0.2) is 48.5 Å². The van der Waals surface area contributed by atoms with Crippen LogP contribution in [0.2, 0.25) is 0 Å². The molecular weight excluding hydrogens is 242 g/mol. The van der Waals surface area contributed by atoms with Crippen molar-refractivity contribution in [3.63, 3.8) is 0 Å². The zero-order valence-corrected chi connectivity index (χ0v) is 10.8. The molecule has 4 heteroatoms. The first-order valence-electron chi connectivity index (χ1n) is 5.87. The number of hydrogen-bond donors (Lipinski definition) is 1. The van der Waals surface area contributed by atoms with Crippen LogP contribution in [-0.2, 0) is 0 Å². The summed E-state index contributed by atoms with van der Waals surface area (Å²) in [5, 5.41) is 2.69. The first kappa shape index (κ1) is 13.0. The maximum Gasteiger partial charge on any atom is 0.417 e. The van der Waals surface area contributed by atoms with Gasteiger partial charge in [0.2, 0.25) is 0 Å². The smallest absolute Gasteiger partial charge is 0.417 e. The van der Waals surface area contributed by atoms with Gasteiger partial charge in [0.25, 0.3) is 0 Å². The Bertz CT molecular complexity index is 564. The molecule has 0 saturated heterocycles. The summed E-state index contributed by atoms with van der Waals surface area (Å²) in [6.45, 7) is 1.92. The largest absolute Gasteiger partial charge is 0.497 e. The molecule has 2 aromatic carbocycles. The van der Waals surface area contributed by atoms with E-state index < -0.39 is 6.09 Å². The van der Waals surface area contributed by atoms with Crippen LogP contribution in [0.3, 0.4) is 0 Å². The highest BCUT2D eigenvalue weighted by atomic mass is 16.6. The van der Waals surface area contributed by atoms with Gasteiger partial charge in [-0.2, -0.15) is 0 Å². The van der Waals surface area contributed by atoms with Crippen LogP contribution in [0.4, 0.5) is 10.5 Å². The topological polar surface area (TPSA) is 47.6 Å². The molecule has 0 aliphatic carbocycles. The summed E-state index contributed by atoms with van der Waals surface area (Å²) in [7, 11) is 1.58. The van der Waals surface area contributed by atoms with Gasteiger partial charge in [-0.15, -0.1) is 0 Å². The van der Waals surface area contributed by atoms with Gasteiger partial charge in [0.05, 0.1) is 7.11 Å². The lowest BCUT2D eigenvalue weighted by atomic mass is 10.2. The van der Waals surface area contributed by atoms with Crippen molar-refractivity contribution in [1.29, 1.82) is 0 Å². The van der Waals surface area contributed by atoms with E-state index in [9.17, 15) is 4.79 Å². The van der Waals surface area contributed by atoms with Gasteiger partial charge < -0.3 is 9.47 Å². The van der Waals surface area contributed by atoms with Crippen molar-refractivity contribution in [2.45, 2.75) is 6.92 Å². The van der Waals surface area contributed by atoms with Gasteiger partial charge in [0.1, 0.15) is 11.5 Å². The molecule has 2 aromatic rings. The maximum absolute atomic E-state index is 11.7. The summed E-state index contributed by atoms with van der Waals surface area (Å²) >= 11 is 0. The van der Waals surface area contributed by atoms with Crippen molar-refractivity contribution in [1.82, 2.24) is 0 Å². The molecule has 0 saturated carbocycles. The van der Waals surface area contributed by atoms with Crippen molar-refractivity contribution in [2.75, 3.05) is 12.4 Å². The molecule has 0 atom stereocenters. The summed E-state index contributed by atoms with van der Waals surface area (Å²) < 4.78 is 10.2. The third-order valence-corrected chi connectivity index (χ3v) is 2.65. The quantitative estimate of drug-likeness (QED) is 0.913. The Labute approximate surface area is 112 Å². The van der Waals surface area contributed by atoms with Crippen LogP contribution in [0.25, 0.3) is 0 Å². The monoisotopic (exact) mass is 257 g/mol.